The maximum absolute atomic E-state index is 13.1. The number of hydrogen-bond donors (Lipinski definition) is 0. The van der Waals surface area contributed by atoms with Crippen molar-refractivity contribution in [1.82, 2.24) is 0 Å². The van der Waals surface area contributed by atoms with Gasteiger partial charge in [0.25, 0.3) is 0 Å². The van der Waals surface area contributed by atoms with Crippen LogP contribution in [0.25, 0.3) is 0 Å². The van der Waals surface area contributed by atoms with E-state index >= 15 is 0 Å². The highest BCUT2D eigenvalue weighted by molar-refractivity contribution is 14.1. The molecule has 0 bridgehead atoms. The minimum atomic E-state index is -0.214. The normalized spacial score (nSPS) is 15.7. The standard InChI is InChI=1S/C10H8FIO/c11-9-4-2-6-1-3-7(13)5-8(6)10(9)12/h2,4H,1,3,5H2. The largest absolute Gasteiger partial charge is 0.299 e. The van der Waals surface area contributed by atoms with E-state index in [1.165, 1.54) is 6.07 Å². The molecule has 0 saturated carbocycles. The van der Waals surface area contributed by atoms with Crippen molar-refractivity contribution in [3.63, 3.8) is 0 Å². The van der Waals surface area contributed by atoms with Crippen molar-refractivity contribution in [3.05, 3.63) is 32.6 Å². The fourth-order valence-corrected chi connectivity index (χ4v) is 2.33. The molecule has 0 N–H and O–H groups in total. The highest BCUT2D eigenvalue weighted by Crippen LogP contribution is 2.25. The predicted molar refractivity (Wildman–Crippen MR) is 56.1 cm³/mol. The third-order valence-electron chi connectivity index (χ3n) is 2.34. The quantitative estimate of drug-likeness (QED) is 0.671. The van der Waals surface area contributed by atoms with E-state index in [-0.39, 0.29) is 11.6 Å². The molecule has 1 aliphatic rings. The number of rotatable bonds is 0. The van der Waals surface area contributed by atoms with Crippen LogP contribution in [0.4, 0.5) is 4.39 Å². The minimum Gasteiger partial charge on any atom is -0.299 e. The zero-order valence-corrected chi connectivity index (χ0v) is 9.10. The van der Waals surface area contributed by atoms with Crippen molar-refractivity contribution in [3.8, 4) is 0 Å². The van der Waals surface area contributed by atoms with E-state index < -0.39 is 0 Å². The predicted octanol–water partition coefficient (Wildman–Crippen LogP) is 2.49. The summed E-state index contributed by atoms with van der Waals surface area (Å²) < 4.78 is 13.7. The summed E-state index contributed by atoms with van der Waals surface area (Å²) in [4.78, 5) is 11.2. The highest BCUT2D eigenvalue weighted by atomic mass is 127. The molecule has 0 atom stereocenters. The van der Waals surface area contributed by atoms with Gasteiger partial charge in [-0.1, -0.05) is 6.07 Å². The number of halogens is 2. The molecule has 68 valence electrons. The number of benzene rings is 1. The molecule has 1 aromatic rings. The second kappa shape index (κ2) is 3.36. The first-order valence-electron chi connectivity index (χ1n) is 4.16. The molecule has 0 unspecified atom stereocenters. The average Bonchev–Trinajstić information content (AvgIpc) is 2.12. The van der Waals surface area contributed by atoms with Crippen LogP contribution in [0.15, 0.2) is 12.1 Å². The van der Waals surface area contributed by atoms with E-state index in [9.17, 15) is 9.18 Å². The van der Waals surface area contributed by atoms with Crippen molar-refractivity contribution in [2.45, 2.75) is 19.3 Å². The lowest BCUT2D eigenvalue weighted by Crippen LogP contribution is -2.15. The number of carbonyl (C=O) groups is 1. The van der Waals surface area contributed by atoms with E-state index in [1.807, 2.05) is 22.6 Å². The fourth-order valence-electron chi connectivity index (χ4n) is 1.62. The molecule has 1 nitrogen and oxygen atoms in total. The van der Waals surface area contributed by atoms with Crippen LogP contribution < -0.4 is 0 Å². The van der Waals surface area contributed by atoms with E-state index in [1.54, 1.807) is 6.07 Å². The topological polar surface area (TPSA) is 17.1 Å². The number of fused-ring (bicyclic) bond motifs is 1. The third-order valence-corrected chi connectivity index (χ3v) is 3.51. The molecule has 2 rings (SSSR count). The summed E-state index contributed by atoms with van der Waals surface area (Å²) in [7, 11) is 0. The zero-order chi connectivity index (χ0) is 9.42. The maximum atomic E-state index is 13.1. The van der Waals surface area contributed by atoms with Crippen LogP contribution in [0.2, 0.25) is 0 Å². The van der Waals surface area contributed by atoms with E-state index in [0.717, 1.165) is 17.5 Å². The van der Waals surface area contributed by atoms with Gasteiger partial charge >= 0.3 is 0 Å². The maximum Gasteiger partial charge on any atom is 0.137 e. The summed E-state index contributed by atoms with van der Waals surface area (Å²) in [6.45, 7) is 0. The van der Waals surface area contributed by atoms with Crippen LogP contribution in [-0.2, 0) is 17.6 Å². The van der Waals surface area contributed by atoms with Gasteiger partial charge in [0.15, 0.2) is 0 Å². The summed E-state index contributed by atoms with van der Waals surface area (Å²) in [5, 5.41) is 0. The molecule has 1 aliphatic carbocycles. The highest BCUT2D eigenvalue weighted by Gasteiger charge is 2.19. The Labute approximate surface area is 89.5 Å². The van der Waals surface area contributed by atoms with Crippen LogP contribution in [0.1, 0.15) is 17.5 Å². The van der Waals surface area contributed by atoms with E-state index in [4.69, 9.17) is 0 Å². The summed E-state index contributed by atoms with van der Waals surface area (Å²) in [5.41, 5.74) is 2.03. The second-order valence-corrected chi connectivity index (χ2v) is 4.29. The summed E-state index contributed by atoms with van der Waals surface area (Å²) in [6.07, 6.45) is 1.78. The Kier molecular flexibility index (Phi) is 2.36. The molecule has 0 aliphatic heterocycles. The molecule has 1 aromatic carbocycles. The van der Waals surface area contributed by atoms with Gasteiger partial charge in [-0.2, -0.15) is 0 Å². The number of aryl methyl sites for hydroxylation is 1. The van der Waals surface area contributed by atoms with Crippen molar-refractivity contribution in [2.75, 3.05) is 0 Å². The molecule has 13 heavy (non-hydrogen) atoms. The van der Waals surface area contributed by atoms with Gasteiger partial charge in [-0.05, 0) is 46.2 Å². The smallest absolute Gasteiger partial charge is 0.137 e. The molecule has 0 spiro atoms. The SMILES string of the molecule is O=C1CCc2ccc(F)c(I)c2C1. The van der Waals surface area contributed by atoms with Gasteiger partial charge in [0.1, 0.15) is 11.6 Å². The van der Waals surface area contributed by atoms with Gasteiger partial charge in [0, 0.05) is 12.8 Å². The average molecular weight is 290 g/mol. The third kappa shape index (κ3) is 1.61. The molecular formula is C10H8FIO. The Morgan fingerprint density at radius 2 is 2.08 bits per heavy atom. The fraction of sp³-hybridized carbons (Fsp3) is 0.300. The van der Waals surface area contributed by atoms with Crippen LogP contribution in [-0.4, -0.2) is 5.78 Å². The Morgan fingerprint density at radius 3 is 2.85 bits per heavy atom. The molecule has 0 fully saturated rings. The molecule has 0 amide bonds. The number of Topliss-reactive ketones (excluding diaryl/α,β-unsaturated/α-hetero) is 1. The Bertz CT molecular complexity index is 373. The van der Waals surface area contributed by atoms with Gasteiger partial charge in [-0.25, -0.2) is 4.39 Å². The Morgan fingerprint density at radius 1 is 1.31 bits per heavy atom. The van der Waals surface area contributed by atoms with Crippen LogP contribution >= 0.6 is 22.6 Å². The zero-order valence-electron chi connectivity index (χ0n) is 6.94. The Hall–Kier alpha value is -0.450. The van der Waals surface area contributed by atoms with Crippen LogP contribution in [0, 0.1) is 9.39 Å². The molecule has 0 radical (unpaired) electrons. The number of hydrogen-bond acceptors (Lipinski definition) is 1. The van der Waals surface area contributed by atoms with Crippen molar-refractivity contribution >= 4 is 28.4 Å². The molecular weight excluding hydrogens is 282 g/mol. The van der Waals surface area contributed by atoms with Gasteiger partial charge < -0.3 is 0 Å². The van der Waals surface area contributed by atoms with Crippen LogP contribution in [0.5, 0.6) is 0 Å². The van der Waals surface area contributed by atoms with Crippen LogP contribution in [0.3, 0.4) is 0 Å². The van der Waals surface area contributed by atoms with Crippen molar-refractivity contribution in [1.29, 1.82) is 0 Å². The monoisotopic (exact) mass is 290 g/mol. The van der Waals surface area contributed by atoms with Gasteiger partial charge in [-0.3, -0.25) is 4.79 Å². The van der Waals surface area contributed by atoms with Crippen molar-refractivity contribution in [2.24, 2.45) is 0 Å². The molecule has 3 heteroatoms. The lowest BCUT2D eigenvalue weighted by atomic mass is 9.91. The first kappa shape index (κ1) is 9.12. The molecule has 0 aromatic heterocycles. The summed E-state index contributed by atoms with van der Waals surface area (Å²) in [6, 6.07) is 3.27. The Balaban J connectivity index is 2.54. The molecule has 0 saturated heterocycles. The second-order valence-electron chi connectivity index (χ2n) is 3.21. The lowest BCUT2D eigenvalue weighted by molar-refractivity contribution is -0.118. The van der Waals surface area contributed by atoms with Gasteiger partial charge in [-0.15, -0.1) is 0 Å². The first-order valence-corrected chi connectivity index (χ1v) is 5.24. The minimum absolute atomic E-state index is 0.214. The van der Waals surface area contributed by atoms with E-state index in [0.29, 0.717) is 16.4 Å². The lowest BCUT2D eigenvalue weighted by Gasteiger charge is -2.16. The number of carbonyl (C=O) groups excluding carboxylic acids is 1. The summed E-state index contributed by atoms with van der Waals surface area (Å²) in [5.74, 6) is 0.00469. The van der Waals surface area contributed by atoms with Gasteiger partial charge in [0.2, 0.25) is 0 Å². The summed E-state index contributed by atoms with van der Waals surface area (Å²) >= 11 is 1.97. The molecule has 0 heterocycles. The van der Waals surface area contributed by atoms with E-state index in [2.05, 4.69) is 0 Å². The van der Waals surface area contributed by atoms with Gasteiger partial charge in [0.05, 0.1) is 3.57 Å². The first-order chi connectivity index (χ1) is 6.18. The van der Waals surface area contributed by atoms with Crippen molar-refractivity contribution < 1.29 is 9.18 Å². The number of ketones is 1.